The molecule has 0 amide bonds. The van der Waals surface area contributed by atoms with E-state index in [4.69, 9.17) is 15.3 Å². The summed E-state index contributed by atoms with van der Waals surface area (Å²) in [7, 11) is 0. The van der Waals surface area contributed by atoms with Crippen LogP contribution in [0, 0.1) is 15.6 Å². The van der Waals surface area contributed by atoms with Gasteiger partial charge in [0.1, 0.15) is 35.7 Å². The maximum atomic E-state index is 11.2. The van der Waals surface area contributed by atoms with Crippen LogP contribution < -0.4 is 14.2 Å². The Kier molecular flexibility index (Phi) is 9.65. The van der Waals surface area contributed by atoms with Gasteiger partial charge in [-0.15, -0.1) is 14.2 Å². The van der Waals surface area contributed by atoms with Crippen molar-refractivity contribution in [1.29, 1.82) is 0 Å². The molecular weight excluding hydrogens is 524 g/mol. The summed E-state index contributed by atoms with van der Waals surface area (Å²) < 4.78 is 1.75. The largest absolute Gasteiger partial charge is 0.616 e. The smallest absolute Gasteiger partial charge is 0.396 e. The number of aromatic hydroxyl groups is 3. The van der Waals surface area contributed by atoms with E-state index in [1.807, 2.05) is 0 Å². The van der Waals surface area contributed by atoms with Gasteiger partial charge in [0.2, 0.25) is 17.1 Å². The second kappa shape index (κ2) is 12.7. The van der Waals surface area contributed by atoms with Crippen molar-refractivity contribution in [3.05, 3.63) is 68.4 Å². The first-order valence-electron chi connectivity index (χ1n) is 12.2. The Bertz CT molecular complexity index is 1090. The first-order valence-corrected chi connectivity index (χ1v) is 12.2. The van der Waals surface area contributed by atoms with E-state index in [-0.39, 0.29) is 34.7 Å². The molecule has 200 valence electrons. The first-order chi connectivity index (χ1) is 17.4. The minimum atomic E-state index is -0.296. The average Bonchev–Trinajstić information content (AvgIpc) is 2.92. The molecule has 3 aromatic heterocycles. The van der Waals surface area contributed by atoms with Crippen LogP contribution in [-0.4, -0.2) is 30.3 Å². The molecule has 3 heterocycles. The van der Waals surface area contributed by atoms with Crippen molar-refractivity contribution in [1.82, 2.24) is 15.0 Å². The van der Waals surface area contributed by atoms with E-state index < -0.39 is 0 Å². The average molecular weight is 554 g/mol. The summed E-state index contributed by atoms with van der Waals surface area (Å²) in [5.41, 5.74) is 4.45. The Morgan fingerprint density at radius 2 is 0.730 bits per heavy atom. The van der Waals surface area contributed by atoms with Crippen LogP contribution in [0.5, 0.6) is 17.6 Å². The Morgan fingerprint density at radius 3 is 1.00 bits per heavy atom. The topological polar surface area (TPSA) is 180 Å². The molecule has 12 nitrogen and oxygen atoms in total. The number of fused-ring (bicyclic) bond motifs is 3. The van der Waals surface area contributed by atoms with E-state index in [9.17, 15) is 15.6 Å². The van der Waals surface area contributed by atoms with E-state index in [2.05, 4.69) is 15.0 Å². The second-order valence-electron chi connectivity index (χ2n) is 9.03. The zero-order valence-electron chi connectivity index (χ0n) is 20.3. The summed E-state index contributed by atoms with van der Waals surface area (Å²) in [6, 6.07) is 0. The van der Waals surface area contributed by atoms with Gasteiger partial charge >= 0.3 is 17.6 Å². The molecule has 3 N–H and O–H groups in total. The van der Waals surface area contributed by atoms with Gasteiger partial charge in [-0.25, -0.2) is 15.0 Å². The summed E-state index contributed by atoms with van der Waals surface area (Å²) in [5, 5.41) is 60.9. The van der Waals surface area contributed by atoms with Crippen LogP contribution in [0.2, 0.25) is 0 Å². The van der Waals surface area contributed by atoms with Gasteiger partial charge in [0.25, 0.3) is 0 Å². The quantitative estimate of drug-likeness (QED) is 0.207. The molecule has 3 aliphatic rings. The molecule has 0 atom stereocenters. The van der Waals surface area contributed by atoms with E-state index >= 15 is 0 Å². The van der Waals surface area contributed by atoms with Crippen LogP contribution in [0.1, 0.15) is 72.7 Å². The molecule has 0 spiro atoms. The van der Waals surface area contributed by atoms with Crippen LogP contribution in [0.4, 0.5) is 0 Å². The Hall–Kier alpha value is -3.44. The van der Waals surface area contributed by atoms with Crippen molar-refractivity contribution in [2.24, 2.45) is 0 Å². The van der Waals surface area contributed by atoms with Crippen molar-refractivity contribution in [2.45, 2.75) is 77.0 Å². The molecule has 0 unspecified atom stereocenters. The van der Waals surface area contributed by atoms with Crippen molar-refractivity contribution >= 4 is 0 Å². The fourth-order valence-corrected chi connectivity index (χ4v) is 4.67. The third-order valence-corrected chi connectivity index (χ3v) is 6.60. The number of aryl methyl sites for hydroxylation is 3. The van der Waals surface area contributed by atoms with Crippen molar-refractivity contribution in [3.63, 3.8) is 0 Å². The van der Waals surface area contributed by atoms with E-state index in [1.54, 1.807) is 0 Å². The number of nitrogens with zero attached hydrogens (tertiary/aromatic N) is 6. The predicted octanol–water partition coefficient (Wildman–Crippen LogP) is 0.896. The Labute approximate surface area is 224 Å². The third kappa shape index (κ3) is 6.47. The maximum absolute atomic E-state index is 11.2. The third-order valence-electron chi connectivity index (χ3n) is 6.60. The van der Waals surface area contributed by atoms with Crippen LogP contribution in [0.15, 0.2) is 18.6 Å². The minimum absolute atomic E-state index is 0. The minimum Gasteiger partial charge on any atom is -0.616 e. The van der Waals surface area contributed by atoms with Gasteiger partial charge < -0.3 is 30.9 Å². The SMILES string of the molecule is [Fe].[O-][n+]1c(O)cnc2c1CCCC2.[O-][n+]1c(O)cnc2c1CCCC2.[O-][n+]1c(O)cnc2c1CCCC2. The zero-order chi connectivity index (χ0) is 25.7. The van der Waals surface area contributed by atoms with Gasteiger partial charge in [-0.05, 0) is 57.8 Å². The van der Waals surface area contributed by atoms with Crippen LogP contribution in [-0.2, 0) is 55.6 Å². The molecule has 0 aromatic carbocycles. The summed E-state index contributed by atoms with van der Waals surface area (Å²) >= 11 is 0. The fraction of sp³-hybridized carbons (Fsp3) is 0.500. The first kappa shape index (κ1) is 28.1. The Morgan fingerprint density at radius 1 is 0.486 bits per heavy atom. The summed E-state index contributed by atoms with van der Waals surface area (Å²) in [6.45, 7) is 0. The van der Waals surface area contributed by atoms with Gasteiger partial charge in [-0.1, -0.05) is 0 Å². The van der Waals surface area contributed by atoms with Gasteiger partial charge in [0.15, 0.2) is 0 Å². The van der Waals surface area contributed by atoms with Crippen molar-refractivity contribution in [3.8, 4) is 17.6 Å². The Balaban J connectivity index is 0.000000152. The van der Waals surface area contributed by atoms with Crippen LogP contribution in [0.3, 0.4) is 0 Å². The van der Waals surface area contributed by atoms with E-state index in [0.29, 0.717) is 31.3 Å². The van der Waals surface area contributed by atoms with Crippen molar-refractivity contribution < 1.29 is 46.6 Å². The summed E-state index contributed by atoms with van der Waals surface area (Å²) in [4.78, 5) is 12.0. The van der Waals surface area contributed by atoms with E-state index in [0.717, 1.165) is 94.1 Å². The molecule has 0 bridgehead atoms. The molecular formula is C24H30FeN6O6. The van der Waals surface area contributed by atoms with Gasteiger partial charge in [-0.2, -0.15) is 0 Å². The van der Waals surface area contributed by atoms with Gasteiger partial charge in [-0.3, -0.25) is 0 Å². The van der Waals surface area contributed by atoms with Gasteiger partial charge in [0, 0.05) is 36.3 Å². The van der Waals surface area contributed by atoms with E-state index in [1.165, 1.54) is 18.6 Å². The molecule has 0 radical (unpaired) electrons. The van der Waals surface area contributed by atoms with Gasteiger partial charge in [0.05, 0.1) is 0 Å². The molecule has 13 heteroatoms. The molecule has 3 aliphatic carbocycles. The monoisotopic (exact) mass is 554 g/mol. The molecule has 3 aromatic rings. The standard InChI is InChI=1S/3C8H10N2O2.Fe/c3*11-8-5-9-6-3-1-2-4-7(6)10(8)12;/h3*5,11H,1-4H2;. The molecule has 6 rings (SSSR count). The number of aromatic nitrogens is 6. The number of rotatable bonds is 0. The molecule has 37 heavy (non-hydrogen) atoms. The summed E-state index contributed by atoms with van der Waals surface area (Å²) in [5.74, 6) is -0.887. The molecule has 0 aliphatic heterocycles. The fourth-order valence-electron chi connectivity index (χ4n) is 4.67. The maximum Gasteiger partial charge on any atom is 0.396 e. The molecule has 0 saturated heterocycles. The summed E-state index contributed by atoms with van der Waals surface area (Å²) in [6.07, 6.45) is 14.8. The number of hydrogen-bond acceptors (Lipinski definition) is 9. The number of hydrogen-bond donors (Lipinski definition) is 3. The van der Waals surface area contributed by atoms with Crippen LogP contribution in [0.25, 0.3) is 0 Å². The molecule has 0 fully saturated rings. The van der Waals surface area contributed by atoms with Crippen LogP contribution >= 0.6 is 0 Å². The zero-order valence-corrected chi connectivity index (χ0v) is 21.4. The second-order valence-corrected chi connectivity index (χ2v) is 9.03. The molecule has 0 saturated carbocycles. The van der Waals surface area contributed by atoms with Crippen molar-refractivity contribution in [2.75, 3.05) is 0 Å². The normalized spacial score (nSPS) is 15.2. The predicted molar refractivity (Wildman–Crippen MR) is 125 cm³/mol.